The van der Waals surface area contributed by atoms with Crippen molar-refractivity contribution in [3.05, 3.63) is 41.8 Å². The third-order valence-electron chi connectivity index (χ3n) is 6.36. The van der Waals surface area contributed by atoms with Crippen molar-refractivity contribution in [3.8, 4) is 11.4 Å². The molecule has 2 aliphatic heterocycles. The van der Waals surface area contributed by atoms with Crippen LogP contribution in [0.4, 0.5) is 23.4 Å². The van der Waals surface area contributed by atoms with E-state index in [1.807, 2.05) is 0 Å². The lowest BCUT2D eigenvalue weighted by molar-refractivity contribution is -0.139. The number of H-pyrrole nitrogens is 1. The molecule has 0 spiro atoms. The Labute approximate surface area is 182 Å². The van der Waals surface area contributed by atoms with E-state index in [0.717, 1.165) is 70.1 Å². The van der Waals surface area contributed by atoms with Crippen molar-refractivity contribution >= 4 is 16.9 Å². The number of nitrogens with one attached hydrogen (secondary N) is 2. The van der Waals surface area contributed by atoms with Gasteiger partial charge in [0, 0.05) is 57.1 Å². The Balaban J connectivity index is 1.40. The van der Waals surface area contributed by atoms with E-state index in [4.69, 9.17) is 0 Å². The maximum absolute atomic E-state index is 13.7. The topological polar surface area (TPSA) is 60.1 Å². The Morgan fingerprint density at radius 2 is 1.75 bits per heavy atom. The molecule has 1 aromatic carbocycles. The molecule has 170 valence electrons. The van der Waals surface area contributed by atoms with Gasteiger partial charge in [-0.2, -0.15) is 13.2 Å². The van der Waals surface area contributed by atoms with Crippen LogP contribution in [-0.2, 0) is 6.18 Å². The van der Waals surface area contributed by atoms with E-state index in [1.54, 1.807) is 12.3 Å². The first-order chi connectivity index (χ1) is 15.4. The summed E-state index contributed by atoms with van der Waals surface area (Å²) in [6.07, 6.45) is -1.04. The fourth-order valence-electron chi connectivity index (χ4n) is 4.67. The monoisotopic (exact) mass is 448 g/mol. The minimum Gasteiger partial charge on any atom is -0.355 e. The van der Waals surface area contributed by atoms with Crippen LogP contribution in [0.1, 0.15) is 18.4 Å². The summed E-state index contributed by atoms with van der Waals surface area (Å²) >= 11 is 0. The third-order valence-corrected chi connectivity index (χ3v) is 6.36. The van der Waals surface area contributed by atoms with Gasteiger partial charge in [0.1, 0.15) is 17.2 Å². The minimum absolute atomic E-state index is 0.179. The molecule has 5 rings (SSSR count). The molecule has 4 heterocycles. The van der Waals surface area contributed by atoms with Crippen LogP contribution in [0, 0.1) is 5.82 Å². The van der Waals surface area contributed by atoms with Gasteiger partial charge >= 0.3 is 6.18 Å². The Bertz CT molecular complexity index is 1100. The highest BCUT2D eigenvalue weighted by Gasteiger charge is 2.34. The fourth-order valence-corrected chi connectivity index (χ4v) is 4.67. The van der Waals surface area contributed by atoms with E-state index in [-0.39, 0.29) is 11.4 Å². The number of nitrogens with zero attached hydrogens (tertiary/aromatic N) is 4. The molecule has 2 fully saturated rings. The number of fused-ring (bicyclic) bond motifs is 1. The largest absolute Gasteiger partial charge is 0.419 e. The Hall–Kier alpha value is -2.72. The molecule has 6 nitrogen and oxygen atoms in total. The lowest BCUT2D eigenvalue weighted by Crippen LogP contribution is -2.52. The summed E-state index contributed by atoms with van der Waals surface area (Å²) < 4.78 is 53.1. The standard InChI is InChI=1S/C22H24F4N6/c23-17-2-1-14(13-16(17)22(24,25)26)20-29-18-3-6-28-21(19(18)30-20)32-9-4-15(5-10-32)31-11-7-27-8-12-31/h1-3,6,13,15,27H,4-5,7-12H2,(H,29,30). The fraction of sp³-hybridized carbons (Fsp3) is 0.455. The van der Waals surface area contributed by atoms with E-state index in [9.17, 15) is 17.6 Å². The number of halogens is 4. The number of benzene rings is 1. The summed E-state index contributed by atoms with van der Waals surface area (Å²) in [5, 5.41) is 3.38. The highest BCUT2D eigenvalue weighted by Crippen LogP contribution is 2.35. The van der Waals surface area contributed by atoms with Crippen molar-refractivity contribution in [1.29, 1.82) is 0 Å². The number of piperidine rings is 1. The lowest BCUT2D eigenvalue weighted by Gasteiger charge is -2.40. The number of imidazole rings is 1. The molecule has 10 heteroatoms. The van der Waals surface area contributed by atoms with Crippen LogP contribution in [0.2, 0.25) is 0 Å². The Morgan fingerprint density at radius 1 is 1.00 bits per heavy atom. The molecular weight excluding hydrogens is 424 g/mol. The van der Waals surface area contributed by atoms with Crippen molar-refractivity contribution in [1.82, 2.24) is 25.2 Å². The molecule has 0 saturated carbocycles. The first-order valence-corrected chi connectivity index (χ1v) is 10.8. The van der Waals surface area contributed by atoms with Gasteiger partial charge in [-0.25, -0.2) is 14.4 Å². The highest BCUT2D eigenvalue weighted by atomic mass is 19.4. The molecule has 0 atom stereocenters. The van der Waals surface area contributed by atoms with Crippen LogP contribution in [0.15, 0.2) is 30.5 Å². The van der Waals surface area contributed by atoms with Crippen molar-refractivity contribution in [2.24, 2.45) is 0 Å². The number of alkyl halides is 3. The van der Waals surface area contributed by atoms with E-state index >= 15 is 0 Å². The second kappa shape index (κ2) is 8.32. The van der Waals surface area contributed by atoms with Crippen LogP contribution in [0.5, 0.6) is 0 Å². The molecule has 2 N–H and O–H groups in total. The maximum Gasteiger partial charge on any atom is 0.419 e. The third kappa shape index (κ3) is 4.04. The summed E-state index contributed by atoms with van der Waals surface area (Å²) in [4.78, 5) is 16.9. The molecule has 0 unspecified atom stereocenters. The second-order valence-electron chi connectivity index (χ2n) is 8.31. The number of rotatable bonds is 3. The van der Waals surface area contributed by atoms with E-state index < -0.39 is 17.6 Å². The average molecular weight is 448 g/mol. The first-order valence-electron chi connectivity index (χ1n) is 10.8. The Kier molecular flexibility index (Phi) is 5.50. The van der Waals surface area contributed by atoms with Crippen LogP contribution >= 0.6 is 0 Å². The van der Waals surface area contributed by atoms with E-state index in [2.05, 4.69) is 30.1 Å². The molecule has 0 aliphatic carbocycles. The van der Waals surface area contributed by atoms with E-state index in [0.29, 0.717) is 17.1 Å². The van der Waals surface area contributed by atoms with Gasteiger partial charge in [-0.1, -0.05) is 0 Å². The number of pyridine rings is 1. The normalized spacial score (nSPS) is 19.1. The highest BCUT2D eigenvalue weighted by molar-refractivity contribution is 5.88. The number of aromatic amines is 1. The van der Waals surface area contributed by atoms with Crippen LogP contribution in [-0.4, -0.2) is 65.2 Å². The van der Waals surface area contributed by atoms with Gasteiger partial charge in [-0.05, 0) is 37.1 Å². The molecular formula is C22H24F4N6. The zero-order valence-corrected chi connectivity index (χ0v) is 17.4. The van der Waals surface area contributed by atoms with Crippen LogP contribution < -0.4 is 10.2 Å². The molecule has 0 amide bonds. The summed E-state index contributed by atoms with van der Waals surface area (Å²) in [5.74, 6) is -0.315. The number of piperazine rings is 1. The molecule has 3 aromatic rings. The van der Waals surface area contributed by atoms with Crippen LogP contribution in [0.3, 0.4) is 0 Å². The van der Waals surface area contributed by atoms with Gasteiger partial charge < -0.3 is 15.2 Å². The van der Waals surface area contributed by atoms with Gasteiger partial charge in [0.15, 0.2) is 5.82 Å². The van der Waals surface area contributed by atoms with Crippen LogP contribution in [0.25, 0.3) is 22.4 Å². The van der Waals surface area contributed by atoms with Gasteiger partial charge in [-0.3, -0.25) is 4.90 Å². The smallest absolute Gasteiger partial charge is 0.355 e. The van der Waals surface area contributed by atoms with Crippen molar-refractivity contribution in [3.63, 3.8) is 0 Å². The predicted octanol–water partition coefficient (Wildman–Crippen LogP) is 3.66. The quantitative estimate of drug-likeness (QED) is 0.599. The summed E-state index contributed by atoms with van der Waals surface area (Å²) in [7, 11) is 0. The number of hydrogen-bond acceptors (Lipinski definition) is 5. The summed E-state index contributed by atoms with van der Waals surface area (Å²) in [5.41, 5.74) is 0.176. The van der Waals surface area contributed by atoms with Gasteiger partial charge in [0.25, 0.3) is 0 Å². The molecule has 32 heavy (non-hydrogen) atoms. The van der Waals surface area contributed by atoms with Crippen molar-refractivity contribution < 1.29 is 17.6 Å². The molecule has 2 saturated heterocycles. The van der Waals surface area contributed by atoms with Crippen molar-refractivity contribution in [2.75, 3.05) is 44.2 Å². The minimum atomic E-state index is -4.77. The zero-order valence-electron chi connectivity index (χ0n) is 17.4. The molecule has 2 aromatic heterocycles. The average Bonchev–Trinajstić information content (AvgIpc) is 3.24. The number of aromatic nitrogens is 3. The molecule has 0 bridgehead atoms. The van der Waals surface area contributed by atoms with Crippen molar-refractivity contribution in [2.45, 2.75) is 25.1 Å². The number of hydrogen-bond donors (Lipinski definition) is 2. The van der Waals surface area contributed by atoms with Gasteiger partial charge in [0.2, 0.25) is 0 Å². The van der Waals surface area contributed by atoms with Gasteiger partial charge in [-0.15, -0.1) is 0 Å². The maximum atomic E-state index is 13.7. The molecule has 2 aliphatic rings. The SMILES string of the molecule is Fc1ccc(-c2nc3c(N4CCC(N5CCNCC5)CC4)nccc3[nH]2)cc1C(F)(F)F. The summed E-state index contributed by atoms with van der Waals surface area (Å²) in [6.45, 7) is 5.88. The summed E-state index contributed by atoms with van der Waals surface area (Å²) in [6, 6.07) is 5.22. The predicted molar refractivity (Wildman–Crippen MR) is 114 cm³/mol. The first kappa shape index (κ1) is 21.1. The Morgan fingerprint density at radius 3 is 2.47 bits per heavy atom. The number of anilines is 1. The lowest BCUT2D eigenvalue weighted by atomic mass is 10.0. The van der Waals surface area contributed by atoms with E-state index in [1.165, 1.54) is 6.07 Å². The zero-order chi connectivity index (χ0) is 22.3. The molecule has 0 radical (unpaired) electrons. The second-order valence-corrected chi connectivity index (χ2v) is 8.31. The van der Waals surface area contributed by atoms with Gasteiger partial charge in [0.05, 0.1) is 11.1 Å².